The predicted molar refractivity (Wildman–Crippen MR) is 68.9 cm³/mol. The number of rotatable bonds is 4. The molecule has 1 saturated heterocycles. The Morgan fingerprint density at radius 3 is 2.63 bits per heavy atom. The first kappa shape index (κ1) is 13.6. The average molecular weight is 265 g/mol. The Morgan fingerprint density at radius 1 is 1.42 bits per heavy atom. The molecule has 104 valence electrons. The molecule has 1 amide bonds. The van der Waals surface area contributed by atoms with Crippen LogP contribution in [0.2, 0.25) is 0 Å². The minimum atomic E-state index is -0.743. The highest BCUT2D eigenvalue weighted by Crippen LogP contribution is 2.23. The summed E-state index contributed by atoms with van der Waals surface area (Å²) in [4.78, 5) is 24.5. The van der Waals surface area contributed by atoms with E-state index in [0.717, 1.165) is 18.6 Å². The Morgan fingerprint density at radius 2 is 2.11 bits per heavy atom. The first-order valence-electron chi connectivity index (χ1n) is 6.62. The van der Waals surface area contributed by atoms with Crippen LogP contribution in [0.5, 0.6) is 0 Å². The summed E-state index contributed by atoms with van der Waals surface area (Å²) in [7, 11) is 0. The molecule has 5 heteroatoms. The molecule has 2 heterocycles. The fourth-order valence-corrected chi connectivity index (χ4v) is 2.49. The van der Waals surface area contributed by atoms with Crippen LogP contribution in [0.1, 0.15) is 41.8 Å². The van der Waals surface area contributed by atoms with Gasteiger partial charge in [-0.25, -0.2) is 0 Å². The highest BCUT2D eigenvalue weighted by molar-refractivity contribution is 5.94. The summed E-state index contributed by atoms with van der Waals surface area (Å²) < 4.78 is 5.15. The van der Waals surface area contributed by atoms with Gasteiger partial charge < -0.3 is 14.4 Å². The highest BCUT2D eigenvalue weighted by atomic mass is 16.4. The van der Waals surface area contributed by atoms with Gasteiger partial charge in [0.25, 0.3) is 5.91 Å². The van der Waals surface area contributed by atoms with Crippen molar-refractivity contribution in [2.24, 2.45) is 5.92 Å². The van der Waals surface area contributed by atoms with E-state index in [1.54, 1.807) is 6.07 Å². The standard InChI is InChI=1S/C14H19NO4/c1-10-8-12(9-19-10)14(18)15-6-4-11(5-7-15)2-3-13(16)17/h8-9,11H,2-7H2,1H3,(H,16,17). The van der Waals surface area contributed by atoms with Gasteiger partial charge in [0.2, 0.25) is 0 Å². The van der Waals surface area contributed by atoms with Crippen LogP contribution >= 0.6 is 0 Å². The van der Waals surface area contributed by atoms with Gasteiger partial charge in [0.1, 0.15) is 12.0 Å². The maximum absolute atomic E-state index is 12.2. The molecule has 1 aliphatic rings. The van der Waals surface area contributed by atoms with Crippen LogP contribution in [0.15, 0.2) is 16.7 Å². The molecule has 1 aromatic heterocycles. The lowest BCUT2D eigenvalue weighted by atomic mass is 9.92. The number of likely N-dealkylation sites (tertiary alicyclic amines) is 1. The van der Waals surface area contributed by atoms with Crippen molar-refractivity contribution in [1.82, 2.24) is 4.90 Å². The van der Waals surface area contributed by atoms with Crippen molar-refractivity contribution in [2.45, 2.75) is 32.6 Å². The zero-order valence-corrected chi connectivity index (χ0v) is 11.1. The molecule has 0 radical (unpaired) electrons. The number of piperidine rings is 1. The van der Waals surface area contributed by atoms with Crippen LogP contribution in [0.3, 0.4) is 0 Å². The summed E-state index contributed by atoms with van der Waals surface area (Å²) in [5, 5.41) is 8.66. The normalized spacial score (nSPS) is 16.6. The summed E-state index contributed by atoms with van der Waals surface area (Å²) in [6.45, 7) is 3.22. The molecule has 1 fully saturated rings. The lowest BCUT2D eigenvalue weighted by molar-refractivity contribution is -0.137. The van der Waals surface area contributed by atoms with Gasteiger partial charge in [0.05, 0.1) is 5.56 Å². The smallest absolute Gasteiger partial charge is 0.303 e. The van der Waals surface area contributed by atoms with E-state index < -0.39 is 5.97 Å². The lowest BCUT2D eigenvalue weighted by Gasteiger charge is -2.31. The third-order valence-electron chi connectivity index (χ3n) is 3.65. The van der Waals surface area contributed by atoms with E-state index in [9.17, 15) is 9.59 Å². The fourth-order valence-electron chi connectivity index (χ4n) is 2.49. The second-order valence-electron chi connectivity index (χ2n) is 5.11. The molecule has 1 aliphatic heterocycles. The van der Waals surface area contributed by atoms with Crippen molar-refractivity contribution in [3.05, 3.63) is 23.7 Å². The number of aliphatic carboxylic acids is 1. The number of carboxylic acid groups (broad SMARTS) is 1. The number of carboxylic acids is 1. The monoisotopic (exact) mass is 265 g/mol. The minimum absolute atomic E-state index is 0.00790. The zero-order valence-electron chi connectivity index (χ0n) is 11.1. The number of hydrogen-bond donors (Lipinski definition) is 1. The molecule has 0 saturated carbocycles. The number of amides is 1. The van der Waals surface area contributed by atoms with Crippen molar-refractivity contribution in [3.63, 3.8) is 0 Å². The maximum atomic E-state index is 12.2. The van der Waals surface area contributed by atoms with Crippen LogP contribution in [0, 0.1) is 12.8 Å². The quantitative estimate of drug-likeness (QED) is 0.906. The number of hydrogen-bond acceptors (Lipinski definition) is 3. The van der Waals surface area contributed by atoms with Gasteiger partial charge in [-0.2, -0.15) is 0 Å². The third-order valence-corrected chi connectivity index (χ3v) is 3.65. The van der Waals surface area contributed by atoms with Crippen LogP contribution in [0.4, 0.5) is 0 Å². The summed E-state index contributed by atoms with van der Waals surface area (Å²) in [5.74, 6) is 0.423. The van der Waals surface area contributed by atoms with Crippen LogP contribution < -0.4 is 0 Å². The molecule has 0 aliphatic carbocycles. The number of furan rings is 1. The van der Waals surface area contributed by atoms with Crippen molar-refractivity contribution >= 4 is 11.9 Å². The fraction of sp³-hybridized carbons (Fsp3) is 0.571. The largest absolute Gasteiger partial charge is 0.481 e. The second-order valence-corrected chi connectivity index (χ2v) is 5.11. The van der Waals surface area contributed by atoms with Gasteiger partial charge >= 0.3 is 5.97 Å². The summed E-state index contributed by atoms with van der Waals surface area (Å²) in [6.07, 6.45) is 4.20. The molecule has 0 aromatic carbocycles. The summed E-state index contributed by atoms with van der Waals surface area (Å²) >= 11 is 0. The molecule has 0 unspecified atom stereocenters. The molecular formula is C14H19NO4. The molecule has 0 atom stereocenters. The molecule has 0 spiro atoms. The Hall–Kier alpha value is -1.78. The van der Waals surface area contributed by atoms with Gasteiger partial charge in [0, 0.05) is 19.5 Å². The van der Waals surface area contributed by atoms with Gasteiger partial charge in [-0.1, -0.05) is 0 Å². The van der Waals surface area contributed by atoms with E-state index in [1.807, 2.05) is 11.8 Å². The summed E-state index contributed by atoms with van der Waals surface area (Å²) in [6, 6.07) is 1.75. The van der Waals surface area contributed by atoms with E-state index in [1.165, 1.54) is 6.26 Å². The number of carbonyl (C=O) groups is 2. The molecule has 1 aromatic rings. The van der Waals surface area contributed by atoms with Crippen LogP contribution in [0.25, 0.3) is 0 Å². The van der Waals surface area contributed by atoms with E-state index in [4.69, 9.17) is 9.52 Å². The SMILES string of the molecule is Cc1cc(C(=O)N2CCC(CCC(=O)O)CC2)co1. The van der Waals surface area contributed by atoms with Gasteiger partial charge in [0.15, 0.2) is 0 Å². The van der Waals surface area contributed by atoms with E-state index in [-0.39, 0.29) is 12.3 Å². The number of nitrogens with zero attached hydrogens (tertiary/aromatic N) is 1. The third kappa shape index (κ3) is 3.59. The molecule has 0 bridgehead atoms. The van der Waals surface area contributed by atoms with Crippen molar-refractivity contribution < 1.29 is 19.1 Å². The first-order chi connectivity index (χ1) is 9.06. The van der Waals surface area contributed by atoms with Gasteiger partial charge in [-0.3, -0.25) is 9.59 Å². The van der Waals surface area contributed by atoms with Crippen LogP contribution in [-0.2, 0) is 4.79 Å². The van der Waals surface area contributed by atoms with Crippen molar-refractivity contribution in [1.29, 1.82) is 0 Å². The Bertz CT molecular complexity index is 458. The Labute approximate surface area is 112 Å². The first-order valence-corrected chi connectivity index (χ1v) is 6.62. The van der Waals surface area contributed by atoms with Crippen molar-refractivity contribution in [3.8, 4) is 0 Å². The highest BCUT2D eigenvalue weighted by Gasteiger charge is 2.24. The van der Waals surface area contributed by atoms with Crippen molar-refractivity contribution in [2.75, 3.05) is 13.1 Å². The molecule has 19 heavy (non-hydrogen) atoms. The molecule has 5 nitrogen and oxygen atoms in total. The van der Waals surface area contributed by atoms with E-state index in [2.05, 4.69) is 0 Å². The molecular weight excluding hydrogens is 246 g/mol. The Kier molecular flexibility index (Phi) is 4.24. The maximum Gasteiger partial charge on any atom is 0.303 e. The van der Waals surface area contributed by atoms with E-state index in [0.29, 0.717) is 31.0 Å². The minimum Gasteiger partial charge on any atom is -0.481 e. The average Bonchev–Trinajstić information content (AvgIpc) is 2.83. The topological polar surface area (TPSA) is 70.8 Å². The number of carbonyl (C=O) groups excluding carboxylic acids is 1. The van der Waals surface area contributed by atoms with Crippen LogP contribution in [-0.4, -0.2) is 35.0 Å². The zero-order chi connectivity index (χ0) is 13.8. The molecule has 1 N–H and O–H groups in total. The predicted octanol–water partition coefficient (Wildman–Crippen LogP) is 2.31. The van der Waals surface area contributed by atoms with Gasteiger partial charge in [-0.05, 0) is 38.2 Å². The second kappa shape index (κ2) is 5.91. The molecule has 2 rings (SSSR count). The summed E-state index contributed by atoms with van der Waals surface area (Å²) in [5.41, 5.74) is 0.599. The van der Waals surface area contributed by atoms with Gasteiger partial charge in [-0.15, -0.1) is 0 Å². The van der Waals surface area contributed by atoms with E-state index >= 15 is 0 Å². The Balaban J connectivity index is 1.83. The number of aryl methyl sites for hydroxylation is 1. The lowest BCUT2D eigenvalue weighted by Crippen LogP contribution is -2.38.